The molecule has 1 N–H and O–H groups in total. The lowest BCUT2D eigenvalue weighted by Gasteiger charge is -2.24. The maximum Gasteiger partial charge on any atom is 0.242 e. The average Bonchev–Trinajstić information content (AvgIpc) is 3.15. The maximum absolute atomic E-state index is 12.7. The van der Waals surface area contributed by atoms with E-state index in [1.54, 1.807) is 11.0 Å². The Kier molecular flexibility index (Phi) is 5.43. The van der Waals surface area contributed by atoms with Gasteiger partial charge in [-0.3, -0.25) is 9.69 Å². The lowest BCUT2D eigenvalue weighted by molar-refractivity contribution is -0.125. The first-order valence-corrected chi connectivity index (χ1v) is 8.49. The molecule has 0 aliphatic heterocycles. The molecule has 0 fully saturated rings. The smallest absolute Gasteiger partial charge is 0.242 e. The molecule has 3 aromatic rings. The highest BCUT2D eigenvalue weighted by Gasteiger charge is 2.22. The normalized spacial score (nSPS) is 12.2. The number of hydrogen-bond acceptors (Lipinski definition) is 4. The lowest BCUT2D eigenvalue weighted by Crippen LogP contribution is -2.36. The van der Waals surface area contributed by atoms with Crippen LogP contribution in [0.3, 0.4) is 0 Å². The first kappa shape index (κ1) is 17.8. The Hall–Kier alpha value is -2.99. The zero-order valence-corrected chi connectivity index (χ0v) is 15.3. The molecule has 1 heterocycles. The van der Waals surface area contributed by atoms with Crippen molar-refractivity contribution in [1.82, 2.24) is 25.0 Å². The molecule has 6 heteroatoms. The lowest BCUT2D eigenvalue weighted by atomic mass is 10.0. The van der Waals surface area contributed by atoms with Crippen LogP contribution in [0.15, 0.2) is 61.2 Å². The molecule has 1 atom stereocenters. The van der Waals surface area contributed by atoms with E-state index in [1.807, 2.05) is 68.4 Å². The number of benzene rings is 2. The van der Waals surface area contributed by atoms with Gasteiger partial charge in [0.05, 0.1) is 5.69 Å². The average molecular weight is 349 g/mol. The summed E-state index contributed by atoms with van der Waals surface area (Å²) in [4.78, 5) is 18.6. The van der Waals surface area contributed by atoms with E-state index >= 15 is 0 Å². The standard InChI is InChI=1S/C20H23N5O/c1-15-5-4-6-17(11-15)19(24(2)3)20(26)22-12-16-7-9-18(10-8-16)25-14-21-13-23-25/h4-11,13-14,19H,12H2,1-3H3,(H,22,26)/t19-/m0/s1. The molecular formula is C20H23N5O. The summed E-state index contributed by atoms with van der Waals surface area (Å²) in [5, 5.41) is 7.14. The molecule has 0 spiro atoms. The van der Waals surface area contributed by atoms with Gasteiger partial charge in [0.15, 0.2) is 0 Å². The summed E-state index contributed by atoms with van der Waals surface area (Å²) in [7, 11) is 3.83. The van der Waals surface area contributed by atoms with Gasteiger partial charge in [0.2, 0.25) is 5.91 Å². The topological polar surface area (TPSA) is 63.1 Å². The van der Waals surface area contributed by atoms with Crippen molar-refractivity contribution in [2.75, 3.05) is 14.1 Å². The van der Waals surface area contributed by atoms with Crippen molar-refractivity contribution in [3.05, 3.63) is 77.9 Å². The van der Waals surface area contributed by atoms with Gasteiger partial charge in [-0.1, -0.05) is 42.0 Å². The first-order valence-electron chi connectivity index (χ1n) is 8.49. The summed E-state index contributed by atoms with van der Waals surface area (Å²) < 4.78 is 1.70. The molecule has 0 saturated carbocycles. The predicted octanol–water partition coefficient (Wildman–Crippen LogP) is 2.49. The molecule has 134 valence electrons. The van der Waals surface area contributed by atoms with Crippen LogP contribution in [-0.4, -0.2) is 39.7 Å². The van der Waals surface area contributed by atoms with Crippen LogP contribution in [-0.2, 0) is 11.3 Å². The van der Waals surface area contributed by atoms with Gasteiger partial charge in [-0.2, -0.15) is 5.10 Å². The molecule has 0 radical (unpaired) electrons. The van der Waals surface area contributed by atoms with Crippen molar-refractivity contribution in [3.8, 4) is 5.69 Å². The van der Waals surface area contributed by atoms with Crippen LogP contribution >= 0.6 is 0 Å². The third-order valence-corrected chi connectivity index (χ3v) is 4.21. The van der Waals surface area contributed by atoms with Gasteiger partial charge in [-0.25, -0.2) is 9.67 Å². The molecule has 1 amide bonds. The fraction of sp³-hybridized carbons (Fsp3) is 0.250. The minimum atomic E-state index is -0.315. The number of aromatic nitrogens is 3. The first-order chi connectivity index (χ1) is 12.5. The van der Waals surface area contributed by atoms with Crippen molar-refractivity contribution in [1.29, 1.82) is 0 Å². The van der Waals surface area contributed by atoms with Crippen LogP contribution in [0.2, 0.25) is 0 Å². The van der Waals surface area contributed by atoms with E-state index in [2.05, 4.69) is 21.5 Å². The van der Waals surface area contributed by atoms with Gasteiger partial charge in [-0.05, 0) is 44.3 Å². The van der Waals surface area contributed by atoms with Gasteiger partial charge in [0.1, 0.15) is 18.7 Å². The van der Waals surface area contributed by atoms with Crippen LogP contribution in [0.1, 0.15) is 22.7 Å². The number of carbonyl (C=O) groups excluding carboxylic acids is 1. The van der Waals surface area contributed by atoms with E-state index in [9.17, 15) is 4.79 Å². The molecule has 0 aliphatic carbocycles. The second-order valence-corrected chi connectivity index (χ2v) is 6.50. The van der Waals surface area contributed by atoms with Gasteiger partial charge in [0, 0.05) is 6.54 Å². The third-order valence-electron chi connectivity index (χ3n) is 4.21. The molecule has 1 aromatic heterocycles. The van der Waals surface area contributed by atoms with E-state index < -0.39 is 0 Å². The Morgan fingerprint density at radius 2 is 1.96 bits per heavy atom. The monoisotopic (exact) mass is 349 g/mol. The van der Waals surface area contributed by atoms with E-state index in [0.29, 0.717) is 6.54 Å². The number of aryl methyl sites for hydroxylation is 1. The van der Waals surface area contributed by atoms with E-state index in [1.165, 1.54) is 6.33 Å². The fourth-order valence-electron chi connectivity index (χ4n) is 2.92. The van der Waals surface area contributed by atoms with Crippen LogP contribution in [0.5, 0.6) is 0 Å². The van der Waals surface area contributed by atoms with Crippen LogP contribution in [0.4, 0.5) is 0 Å². The van der Waals surface area contributed by atoms with Crippen molar-refractivity contribution in [2.24, 2.45) is 0 Å². The zero-order chi connectivity index (χ0) is 18.5. The molecule has 0 bridgehead atoms. The van der Waals surface area contributed by atoms with Gasteiger partial charge in [-0.15, -0.1) is 0 Å². The Morgan fingerprint density at radius 1 is 1.19 bits per heavy atom. The van der Waals surface area contributed by atoms with Crippen molar-refractivity contribution >= 4 is 5.91 Å². The number of nitrogens with zero attached hydrogens (tertiary/aromatic N) is 4. The fourth-order valence-corrected chi connectivity index (χ4v) is 2.92. The highest BCUT2D eigenvalue weighted by atomic mass is 16.2. The van der Waals surface area contributed by atoms with Crippen molar-refractivity contribution in [3.63, 3.8) is 0 Å². The Labute approximate surface area is 153 Å². The number of carbonyl (C=O) groups is 1. The Bertz CT molecular complexity index is 856. The summed E-state index contributed by atoms with van der Waals surface area (Å²) in [5.74, 6) is -0.0130. The van der Waals surface area contributed by atoms with Gasteiger partial charge >= 0.3 is 0 Å². The number of likely N-dealkylation sites (N-methyl/N-ethyl adjacent to an activating group) is 1. The second kappa shape index (κ2) is 7.93. The predicted molar refractivity (Wildman–Crippen MR) is 101 cm³/mol. The minimum absolute atomic E-state index is 0.0130. The minimum Gasteiger partial charge on any atom is -0.350 e. The Morgan fingerprint density at radius 3 is 2.58 bits per heavy atom. The SMILES string of the molecule is Cc1cccc([C@@H](C(=O)NCc2ccc(-n3cncn3)cc2)N(C)C)c1. The largest absolute Gasteiger partial charge is 0.350 e. The molecule has 3 rings (SSSR count). The molecule has 0 aliphatic rings. The van der Waals surface area contributed by atoms with Crippen molar-refractivity contribution < 1.29 is 4.79 Å². The number of hydrogen-bond donors (Lipinski definition) is 1. The quantitative estimate of drug-likeness (QED) is 0.743. The van der Waals surface area contributed by atoms with E-state index in [-0.39, 0.29) is 11.9 Å². The summed E-state index contributed by atoms with van der Waals surface area (Å²) in [6.07, 6.45) is 3.15. The summed E-state index contributed by atoms with van der Waals surface area (Å²) in [6.45, 7) is 2.51. The van der Waals surface area contributed by atoms with Crippen LogP contribution in [0.25, 0.3) is 5.69 Å². The van der Waals surface area contributed by atoms with Crippen molar-refractivity contribution in [2.45, 2.75) is 19.5 Å². The van der Waals surface area contributed by atoms with E-state index in [0.717, 1.165) is 22.4 Å². The summed E-state index contributed by atoms with van der Waals surface area (Å²) in [6, 6.07) is 15.6. The van der Waals surface area contributed by atoms with Crippen LogP contribution in [0, 0.1) is 6.92 Å². The van der Waals surface area contributed by atoms with E-state index in [4.69, 9.17) is 0 Å². The summed E-state index contributed by atoms with van der Waals surface area (Å²) >= 11 is 0. The highest BCUT2D eigenvalue weighted by Crippen LogP contribution is 2.20. The maximum atomic E-state index is 12.7. The molecule has 0 unspecified atom stereocenters. The van der Waals surface area contributed by atoms with Gasteiger partial charge < -0.3 is 5.32 Å². The number of nitrogens with one attached hydrogen (secondary N) is 1. The van der Waals surface area contributed by atoms with Gasteiger partial charge in [0.25, 0.3) is 0 Å². The third kappa shape index (κ3) is 4.15. The molecule has 0 saturated heterocycles. The molecule has 2 aromatic carbocycles. The molecular weight excluding hydrogens is 326 g/mol. The molecule has 6 nitrogen and oxygen atoms in total. The number of rotatable bonds is 6. The zero-order valence-electron chi connectivity index (χ0n) is 15.3. The second-order valence-electron chi connectivity index (χ2n) is 6.50. The summed E-state index contributed by atoms with van der Waals surface area (Å²) in [5.41, 5.74) is 4.10. The molecule has 26 heavy (non-hydrogen) atoms. The number of amides is 1. The highest BCUT2D eigenvalue weighted by molar-refractivity contribution is 5.83. The Balaban J connectivity index is 1.66. The van der Waals surface area contributed by atoms with Crippen LogP contribution < -0.4 is 5.32 Å².